The first-order chi connectivity index (χ1) is 8.25. The molecule has 1 N–H and O–H groups in total. The van der Waals surface area contributed by atoms with E-state index in [0.29, 0.717) is 12.1 Å². The van der Waals surface area contributed by atoms with E-state index in [0.717, 1.165) is 19.2 Å². The molecule has 0 amide bonds. The van der Waals surface area contributed by atoms with Gasteiger partial charge in [-0.05, 0) is 33.2 Å². The van der Waals surface area contributed by atoms with Crippen LogP contribution in [0.2, 0.25) is 0 Å². The Hall–Kier alpha value is -0.120. The van der Waals surface area contributed by atoms with Crippen molar-refractivity contribution < 1.29 is 4.74 Å². The van der Waals surface area contributed by atoms with Crippen LogP contribution < -0.4 is 5.32 Å². The van der Waals surface area contributed by atoms with E-state index in [-0.39, 0.29) is 0 Å². The van der Waals surface area contributed by atoms with Crippen LogP contribution in [-0.2, 0) is 4.74 Å². The highest BCUT2D eigenvalue weighted by atomic mass is 16.5. The molecule has 0 radical (unpaired) electrons. The fraction of sp³-hybridized carbons (Fsp3) is 1.00. The summed E-state index contributed by atoms with van der Waals surface area (Å²) in [5.41, 5.74) is 0. The Labute approximate surface area is 106 Å². The molecule has 2 unspecified atom stereocenters. The van der Waals surface area contributed by atoms with Gasteiger partial charge < -0.3 is 15.0 Å². The molecule has 0 bridgehead atoms. The summed E-state index contributed by atoms with van der Waals surface area (Å²) in [4.78, 5) is 2.43. The number of nitrogens with zero attached hydrogens (tertiary/aromatic N) is 1. The van der Waals surface area contributed by atoms with E-state index in [1.807, 2.05) is 0 Å². The quantitative estimate of drug-likeness (QED) is 0.744. The molecular formula is C14H28N2O. The number of hydrogen-bond acceptors (Lipinski definition) is 3. The molecule has 1 aliphatic heterocycles. The first-order valence-corrected chi connectivity index (χ1v) is 7.31. The summed E-state index contributed by atoms with van der Waals surface area (Å²) >= 11 is 0. The Morgan fingerprint density at radius 1 is 1.24 bits per heavy atom. The molecular weight excluding hydrogens is 212 g/mol. The molecule has 1 saturated carbocycles. The zero-order valence-electron chi connectivity index (χ0n) is 11.5. The highest BCUT2D eigenvalue weighted by molar-refractivity contribution is 4.84. The van der Waals surface area contributed by atoms with E-state index < -0.39 is 0 Å². The van der Waals surface area contributed by atoms with Crippen LogP contribution in [0.25, 0.3) is 0 Å². The molecule has 2 aliphatic rings. The summed E-state index contributed by atoms with van der Waals surface area (Å²) in [6.45, 7) is 5.39. The van der Waals surface area contributed by atoms with Gasteiger partial charge in [-0.2, -0.15) is 0 Å². The molecule has 1 aliphatic carbocycles. The van der Waals surface area contributed by atoms with Gasteiger partial charge in [-0.1, -0.05) is 19.3 Å². The zero-order valence-corrected chi connectivity index (χ0v) is 11.5. The summed E-state index contributed by atoms with van der Waals surface area (Å²) < 4.78 is 5.92. The van der Waals surface area contributed by atoms with Gasteiger partial charge in [-0.15, -0.1) is 0 Å². The van der Waals surface area contributed by atoms with Crippen molar-refractivity contribution in [2.24, 2.45) is 0 Å². The topological polar surface area (TPSA) is 24.5 Å². The summed E-state index contributed by atoms with van der Waals surface area (Å²) in [5.74, 6) is 0. The lowest BCUT2D eigenvalue weighted by Gasteiger charge is -2.22. The average Bonchev–Trinajstić information content (AvgIpc) is 2.66. The maximum Gasteiger partial charge on any atom is 0.0594 e. The molecule has 0 aromatic heterocycles. The van der Waals surface area contributed by atoms with Crippen LogP contribution in [0, 0.1) is 0 Å². The average molecular weight is 240 g/mol. The van der Waals surface area contributed by atoms with Gasteiger partial charge in [0, 0.05) is 25.2 Å². The predicted molar refractivity (Wildman–Crippen MR) is 71.3 cm³/mol. The molecule has 0 spiro atoms. The van der Waals surface area contributed by atoms with Crippen molar-refractivity contribution in [3.8, 4) is 0 Å². The lowest BCUT2D eigenvalue weighted by atomic mass is 9.98. The second-order valence-electron chi connectivity index (χ2n) is 5.81. The maximum absolute atomic E-state index is 5.92. The molecule has 17 heavy (non-hydrogen) atoms. The zero-order chi connectivity index (χ0) is 12.1. The van der Waals surface area contributed by atoms with Gasteiger partial charge in [0.15, 0.2) is 0 Å². The first-order valence-electron chi connectivity index (χ1n) is 7.31. The summed E-state index contributed by atoms with van der Waals surface area (Å²) in [6, 6.07) is 1.40. The van der Waals surface area contributed by atoms with Crippen molar-refractivity contribution >= 4 is 0 Å². The lowest BCUT2D eigenvalue weighted by molar-refractivity contribution is 0.0295. The van der Waals surface area contributed by atoms with Gasteiger partial charge in [-0.25, -0.2) is 0 Å². The summed E-state index contributed by atoms with van der Waals surface area (Å²) in [6.07, 6.45) is 8.53. The molecule has 100 valence electrons. The number of rotatable bonds is 5. The van der Waals surface area contributed by atoms with Crippen LogP contribution >= 0.6 is 0 Å². The highest BCUT2D eigenvalue weighted by Gasteiger charge is 2.25. The fourth-order valence-electron chi connectivity index (χ4n) is 3.06. The van der Waals surface area contributed by atoms with Crippen LogP contribution in [0.3, 0.4) is 0 Å². The predicted octanol–water partition coefficient (Wildman–Crippen LogP) is 2.02. The van der Waals surface area contributed by atoms with Crippen molar-refractivity contribution in [2.45, 2.75) is 63.6 Å². The molecule has 0 aromatic rings. The third-order valence-electron chi connectivity index (χ3n) is 4.33. The van der Waals surface area contributed by atoms with Gasteiger partial charge in [0.05, 0.1) is 12.7 Å². The molecule has 2 atom stereocenters. The van der Waals surface area contributed by atoms with Gasteiger partial charge in [0.2, 0.25) is 0 Å². The molecule has 1 heterocycles. The smallest absolute Gasteiger partial charge is 0.0594 e. The van der Waals surface area contributed by atoms with Crippen LogP contribution in [0.4, 0.5) is 0 Å². The second kappa shape index (κ2) is 6.72. The van der Waals surface area contributed by atoms with Crippen LogP contribution in [0.5, 0.6) is 0 Å². The Morgan fingerprint density at radius 2 is 2.00 bits per heavy atom. The standard InChI is InChI=1S/C14H28N2O/c1-12-10-13(11-16(12)2)15-8-9-17-14-6-4-3-5-7-14/h12-15H,3-11H2,1-2H3. The molecule has 2 rings (SSSR count). The van der Waals surface area contributed by atoms with E-state index >= 15 is 0 Å². The highest BCUT2D eigenvalue weighted by Crippen LogP contribution is 2.20. The minimum absolute atomic E-state index is 0.552. The van der Waals surface area contributed by atoms with Gasteiger partial charge in [-0.3, -0.25) is 0 Å². The Bertz CT molecular complexity index is 206. The summed E-state index contributed by atoms with van der Waals surface area (Å²) in [5, 5.41) is 3.62. The molecule has 3 nitrogen and oxygen atoms in total. The van der Waals surface area contributed by atoms with Crippen LogP contribution in [-0.4, -0.2) is 49.8 Å². The van der Waals surface area contributed by atoms with Crippen LogP contribution in [0.15, 0.2) is 0 Å². The third-order valence-corrected chi connectivity index (χ3v) is 4.33. The maximum atomic E-state index is 5.92. The normalized spacial score (nSPS) is 32.1. The first kappa shape index (κ1) is 13.3. The Morgan fingerprint density at radius 3 is 2.65 bits per heavy atom. The number of ether oxygens (including phenoxy) is 1. The lowest BCUT2D eigenvalue weighted by Crippen LogP contribution is -2.34. The molecule has 1 saturated heterocycles. The van der Waals surface area contributed by atoms with Crippen molar-refractivity contribution in [1.82, 2.24) is 10.2 Å². The third kappa shape index (κ3) is 4.23. The minimum Gasteiger partial charge on any atom is -0.377 e. The van der Waals surface area contributed by atoms with E-state index in [9.17, 15) is 0 Å². The Balaban J connectivity index is 1.51. The molecule has 2 fully saturated rings. The number of likely N-dealkylation sites (tertiary alicyclic amines) is 1. The van der Waals surface area contributed by atoms with E-state index in [4.69, 9.17) is 4.74 Å². The SMILES string of the molecule is CC1CC(NCCOC2CCCCC2)CN1C. The van der Waals surface area contributed by atoms with E-state index in [1.54, 1.807) is 0 Å². The number of likely N-dealkylation sites (N-methyl/N-ethyl adjacent to an activating group) is 1. The minimum atomic E-state index is 0.552. The fourth-order valence-corrected chi connectivity index (χ4v) is 3.06. The van der Waals surface area contributed by atoms with Gasteiger partial charge in [0.25, 0.3) is 0 Å². The summed E-state index contributed by atoms with van der Waals surface area (Å²) in [7, 11) is 2.21. The molecule has 0 aromatic carbocycles. The van der Waals surface area contributed by atoms with E-state index in [1.165, 1.54) is 45.1 Å². The number of hydrogen-bond donors (Lipinski definition) is 1. The van der Waals surface area contributed by atoms with Gasteiger partial charge >= 0.3 is 0 Å². The van der Waals surface area contributed by atoms with Crippen molar-refractivity contribution in [1.29, 1.82) is 0 Å². The van der Waals surface area contributed by atoms with Crippen molar-refractivity contribution in [3.63, 3.8) is 0 Å². The second-order valence-corrected chi connectivity index (χ2v) is 5.81. The van der Waals surface area contributed by atoms with Crippen LogP contribution in [0.1, 0.15) is 45.4 Å². The Kier molecular flexibility index (Phi) is 5.26. The molecule has 3 heteroatoms. The van der Waals surface area contributed by atoms with Crippen molar-refractivity contribution in [2.75, 3.05) is 26.7 Å². The van der Waals surface area contributed by atoms with E-state index in [2.05, 4.69) is 24.2 Å². The van der Waals surface area contributed by atoms with Gasteiger partial charge in [0.1, 0.15) is 0 Å². The monoisotopic (exact) mass is 240 g/mol. The largest absolute Gasteiger partial charge is 0.377 e. The van der Waals surface area contributed by atoms with Crippen molar-refractivity contribution in [3.05, 3.63) is 0 Å². The number of nitrogens with one attached hydrogen (secondary N) is 1.